The fourth-order valence-electron chi connectivity index (χ4n) is 19.5. The molecule has 1 atom stereocenters. The van der Waals surface area contributed by atoms with Crippen molar-refractivity contribution in [2.24, 2.45) is 49.9 Å². The third kappa shape index (κ3) is 18.7. The van der Waals surface area contributed by atoms with Crippen LogP contribution in [0.15, 0.2) is 176 Å². The fraction of sp³-hybridized carbons (Fsp3) is 0.459. The average molecular weight is 1540 g/mol. The van der Waals surface area contributed by atoms with Gasteiger partial charge in [-0.1, -0.05) is 173 Å². The smallest absolute Gasteiger partial charge is 0.200 e. The van der Waals surface area contributed by atoms with Gasteiger partial charge < -0.3 is 0 Å². The molecule has 4 heteroatoms. The van der Waals surface area contributed by atoms with Crippen LogP contribution >= 0.6 is 0 Å². The molecule has 602 valence electrons. The van der Waals surface area contributed by atoms with Gasteiger partial charge in [-0.05, 0) is 358 Å². The van der Waals surface area contributed by atoms with Crippen LogP contribution in [0.5, 0.6) is 0 Å². The van der Waals surface area contributed by atoms with Crippen molar-refractivity contribution < 1.29 is 32.0 Å². The molecule has 0 bridgehead atoms. The molecule has 0 saturated heterocycles. The van der Waals surface area contributed by atoms with Crippen LogP contribution in [0.25, 0.3) is 88.1 Å². The van der Waals surface area contributed by atoms with Gasteiger partial charge in [-0.2, -0.15) is 4.57 Å². The van der Waals surface area contributed by atoms with E-state index in [9.17, 15) is 0 Å². The Morgan fingerprint density at radius 3 is 1.02 bits per heavy atom. The van der Waals surface area contributed by atoms with Gasteiger partial charge in [0.15, 0.2) is 24.2 Å². The molecule has 115 heavy (non-hydrogen) atoms. The molecule has 12 aromatic rings. The zero-order valence-electron chi connectivity index (χ0n) is 84.8. The maximum atomic E-state index is 8.69. The van der Waals surface area contributed by atoms with E-state index < -0.39 is 18.6 Å². The molecule has 1 unspecified atom stereocenters. The topological polar surface area (TPSA) is 15.5 Å². The largest absolute Gasteiger partial charge is 0.220 e. The highest BCUT2D eigenvalue weighted by Gasteiger charge is 2.34. The number of fused-ring (bicyclic) bond motifs is 4. The number of pyridine rings is 4. The molecular weight excluding hydrogens is 1390 g/mol. The summed E-state index contributed by atoms with van der Waals surface area (Å²) < 4.78 is 91.5. The first kappa shape index (κ1) is 71.7. The summed E-state index contributed by atoms with van der Waals surface area (Å²) in [5, 5.41) is 9.33. The molecule has 0 spiro atoms. The van der Waals surface area contributed by atoms with Crippen molar-refractivity contribution in [2.45, 2.75) is 284 Å². The van der Waals surface area contributed by atoms with E-state index >= 15 is 0 Å². The first-order valence-electron chi connectivity index (χ1n) is 48.5. The monoisotopic (exact) mass is 1540 g/mol. The Bertz CT molecular complexity index is 5930. The van der Waals surface area contributed by atoms with E-state index in [4.69, 9.17) is 13.7 Å². The molecule has 4 nitrogen and oxygen atoms in total. The molecule has 4 saturated carbocycles. The molecule has 4 fully saturated rings. The summed E-state index contributed by atoms with van der Waals surface area (Å²) in [6.45, 7) is 40.9. The van der Waals surface area contributed by atoms with E-state index in [-0.39, 0.29) is 0 Å². The number of hydrogen-bond donors (Lipinski definition) is 0. The van der Waals surface area contributed by atoms with Crippen molar-refractivity contribution in [3.8, 4) is 45.0 Å². The Hall–Kier alpha value is -8.60. The van der Waals surface area contributed by atoms with Gasteiger partial charge in [-0.3, -0.25) is 0 Å². The highest BCUT2D eigenvalue weighted by molar-refractivity contribution is 5.97. The maximum absolute atomic E-state index is 8.69. The molecule has 0 radical (unpaired) electrons. The Labute approximate surface area is 709 Å². The molecule has 0 aliphatic heterocycles. The number of nitrogens with zero attached hydrogens (tertiary/aromatic N) is 4. The summed E-state index contributed by atoms with van der Waals surface area (Å²) in [5.41, 5.74) is 27.9. The zero-order chi connectivity index (χ0) is 91.2. The standard InChI is InChI=1S/2C29H38N.C27H34N.C26H32N/c2*1-19(2)25-16-20(3)21(4)27(18-25)28-26-9-8-23(17-24(26)12-15-30(28)7)22-10-13-29(5,6)14-11-22;1-18-15-19(2)20(3)25(16-18)26-24-8-7-22(17-23(24)11-14-28(26)6)21-9-12-27(4,5)13-10-21;1-18-8-6-7-9-23(18)25-24-11-10-21(17-22(24)16-19(2)27(25)5)20-12-14-26(3,4)15-13-20/h2*8-9,12,15-19,22H,10-11,13-14H2,1-7H3;7-8,11,14-17,21H,9-10,12-13H2,1-6H3;6-11,16-17,20H,12-15H2,1-5H3/q4*+1/i1D3,15D,19D;15D,19D;14D;7D,8D. The van der Waals surface area contributed by atoms with Gasteiger partial charge in [0.1, 0.15) is 32.3 Å². The predicted octanol–water partition coefficient (Wildman–Crippen LogP) is 29.1. The van der Waals surface area contributed by atoms with Gasteiger partial charge in [0.05, 0.1) is 41.0 Å². The molecule has 4 heterocycles. The van der Waals surface area contributed by atoms with Crippen LogP contribution in [0.4, 0.5) is 0 Å². The van der Waals surface area contributed by atoms with E-state index in [0.717, 1.165) is 77.9 Å². The van der Waals surface area contributed by atoms with Crippen LogP contribution < -0.4 is 18.3 Å². The Balaban J connectivity index is 0.000000143. The minimum absolute atomic E-state index is 0.395. The summed E-state index contributed by atoms with van der Waals surface area (Å²) in [7, 11) is 7.98. The Morgan fingerprint density at radius 1 is 0.348 bits per heavy atom. The van der Waals surface area contributed by atoms with Gasteiger partial charge in [0, 0.05) is 43.6 Å². The molecule has 16 rings (SSSR count). The second-order valence-corrected chi connectivity index (χ2v) is 39.3. The zero-order valence-corrected chi connectivity index (χ0v) is 74.8. The lowest BCUT2D eigenvalue weighted by molar-refractivity contribution is -0.665. The van der Waals surface area contributed by atoms with Crippen LogP contribution in [-0.2, 0) is 28.2 Å². The van der Waals surface area contributed by atoms with Crippen LogP contribution in [0, 0.1) is 84.0 Å². The van der Waals surface area contributed by atoms with Crippen molar-refractivity contribution >= 4 is 43.1 Å². The summed E-state index contributed by atoms with van der Waals surface area (Å²) in [5.74, 6) is 0.0901. The lowest BCUT2D eigenvalue weighted by Gasteiger charge is -2.34. The minimum Gasteiger partial charge on any atom is -0.200 e. The molecule has 0 amide bonds. The second-order valence-electron chi connectivity index (χ2n) is 39.3. The maximum Gasteiger partial charge on any atom is 0.220 e. The van der Waals surface area contributed by atoms with Gasteiger partial charge in [0.25, 0.3) is 0 Å². The molecule has 4 aliphatic rings. The van der Waals surface area contributed by atoms with Crippen molar-refractivity contribution in [3.05, 3.63) is 260 Å². The Morgan fingerprint density at radius 2 is 0.670 bits per heavy atom. The molecule has 8 aromatic carbocycles. The third-order valence-corrected chi connectivity index (χ3v) is 28.2. The predicted molar refractivity (Wildman–Crippen MR) is 493 cm³/mol. The highest BCUT2D eigenvalue weighted by Crippen LogP contribution is 2.49. The van der Waals surface area contributed by atoms with E-state index in [0.29, 0.717) is 81.5 Å². The average Bonchev–Trinajstić information content (AvgIpc) is 0.756. The van der Waals surface area contributed by atoms with Crippen molar-refractivity contribution in [1.82, 2.24) is 0 Å². The summed E-state index contributed by atoms with van der Waals surface area (Å²) in [6, 6.07) is 52.7. The van der Waals surface area contributed by atoms with Crippen LogP contribution in [-0.4, -0.2) is 0 Å². The summed E-state index contributed by atoms with van der Waals surface area (Å²) >= 11 is 0. The van der Waals surface area contributed by atoms with Gasteiger partial charge in [0.2, 0.25) is 22.8 Å². The van der Waals surface area contributed by atoms with Crippen LogP contribution in [0.2, 0.25) is 0 Å². The number of aryl methyl sites for hydroxylation is 5. The molecule has 4 aromatic heterocycles. The van der Waals surface area contributed by atoms with Gasteiger partial charge >= 0.3 is 0 Å². The number of hydrogen-bond acceptors (Lipinski definition) is 0. The lowest BCUT2D eigenvalue weighted by Crippen LogP contribution is -2.35. The molecule has 4 aliphatic carbocycles. The van der Waals surface area contributed by atoms with Gasteiger partial charge in [-0.15, -0.1) is 0 Å². The van der Waals surface area contributed by atoms with E-state index in [1.54, 1.807) is 6.07 Å². The number of aromatic nitrogens is 4. The van der Waals surface area contributed by atoms with Crippen molar-refractivity contribution in [3.63, 3.8) is 0 Å². The lowest BCUT2D eigenvalue weighted by atomic mass is 9.71. The van der Waals surface area contributed by atoms with E-state index in [1.165, 1.54) is 198 Å². The van der Waals surface area contributed by atoms with E-state index in [1.807, 2.05) is 106 Å². The first-order valence-corrected chi connectivity index (χ1v) is 43.5. The molecule has 0 N–H and O–H groups in total. The first-order chi connectivity index (χ1) is 58.3. The third-order valence-electron chi connectivity index (χ3n) is 28.2. The minimum atomic E-state index is -2.45. The summed E-state index contributed by atoms with van der Waals surface area (Å²) in [4.78, 5) is 0. The Kier molecular flexibility index (Phi) is 21.3. The fourth-order valence-corrected chi connectivity index (χ4v) is 19.5. The van der Waals surface area contributed by atoms with E-state index in [2.05, 4.69) is 212 Å². The quantitative estimate of drug-likeness (QED) is 0.121. The number of benzene rings is 8. The molecular formula is C111H142N4+4. The van der Waals surface area contributed by atoms with Crippen LogP contribution in [0.3, 0.4) is 0 Å². The van der Waals surface area contributed by atoms with Crippen molar-refractivity contribution in [2.75, 3.05) is 0 Å². The summed E-state index contributed by atoms with van der Waals surface area (Å²) in [6.07, 6.45) is 21.7. The van der Waals surface area contributed by atoms with Gasteiger partial charge in [-0.25, -0.2) is 13.7 Å². The second kappa shape index (κ2) is 34.2. The number of rotatable bonds is 10. The van der Waals surface area contributed by atoms with Crippen molar-refractivity contribution in [1.29, 1.82) is 0 Å². The SMILES string of the molecule is [2H]c1cc([2H])c(C)c(-c2c3ccc(C4CCC(C)(C)CC4)cc3cc(C)[n+]2C)c1.[2H]c1cc2cc(C3CCC(C)(C)CC3)ccc2c(-c2cc(C([2H])(C)C([2H])([2H])[2H])cc(C)c2C)[n+]1C.[2H]c1cc2cc(C3CCC(C)(C)CC3)ccc2c(-c2cc(C([2H])(C)C)cc(C)c2C)[n+]1C.[2H]c1cc2cc(C3CCC(C)(C)CC3)ccc2c(-c2cc(C)cc(C)c2C)[n+]1C. The highest BCUT2D eigenvalue weighted by atomic mass is 14.9. The van der Waals surface area contributed by atoms with Crippen LogP contribution in [0.1, 0.15) is 318 Å². The normalized spacial score (nSPS) is 19.1.